The van der Waals surface area contributed by atoms with Gasteiger partial charge in [0, 0.05) is 37.9 Å². The number of carbonyl (C=O) groups is 2. The van der Waals surface area contributed by atoms with Gasteiger partial charge in [-0.1, -0.05) is 31.2 Å². The number of benzene rings is 2. The highest BCUT2D eigenvalue weighted by Crippen LogP contribution is 2.22. The molecule has 5 nitrogen and oxygen atoms in total. The molecule has 0 radical (unpaired) electrons. The van der Waals surface area contributed by atoms with E-state index in [4.69, 9.17) is 0 Å². The van der Waals surface area contributed by atoms with Crippen LogP contribution in [0.5, 0.6) is 0 Å². The molecule has 154 valence electrons. The van der Waals surface area contributed by atoms with Gasteiger partial charge in [0.25, 0.3) is 5.91 Å². The van der Waals surface area contributed by atoms with E-state index in [1.807, 2.05) is 61.2 Å². The number of anilines is 1. The van der Waals surface area contributed by atoms with Crippen molar-refractivity contribution in [2.75, 3.05) is 25.5 Å². The molecule has 3 amide bonds. The van der Waals surface area contributed by atoms with Crippen LogP contribution in [-0.2, 0) is 6.54 Å². The zero-order valence-electron chi connectivity index (χ0n) is 17.9. The van der Waals surface area contributed by atoms with Crippen molar-refractivity contribution in [3.05, 3.63) is 64.7 Å². The number of nitrogens with zero attached hydrogens (tertiary/aromatic N) is 2. The smallest absolute Gasteiger partial charge is 0.321 e. The van der Waals surface area contributed by atoms with Crippen LogP contribution in [0.2, 0.25) is 0 Å². The Balaban J connectivity index is 1.63. The van der Waals surface area contributed by atoms with Crippen LogP contribution in [0.15, 0.2) is 42.5 Å². The second kappa shape index (κ2) is 9.12. The predicted molar refractivity (Wildman–Crippen MR) is 117 cm³/mol. The van der Waals surface area contributed by atoms with Crippen molar-refractivity contribution in [3.8, 4) is 0 Å². The maximum atomic E-state index is 12.8. The fourth-order valence-corrected chi connectivity index (χ4v) is 3.66. The molecule has 2 aromatic carbocycles. The number of aryl methyl sites for hydroxylation is 2. The molecule has 0 aliphatic carbocycles. The second-order valence-corrected chi connectivity index (χ2v) is 8.22. The molecule has 1 aliphatic heterocycles. The molecule has 3 rings (SSSR count). The van der Waals surface area contributed by atoms with Crippen LogP contribution in [0.4, 0.5) is 10.5 Å². The van der Waals surface area contributed by atoms with E-state index >= 15 is 0 Å². The lowest BCUT2D eigenvalue weighted by Crippen LogP contribution is -2.38. The van der Waals surface area contributed by atoms with Crippen LogP contribution < -0.4 is 5.32 Å². The SMILES string of the molecule is Cc1ccccc1CN(C)C(=O)Nc1ccc(C(=O)N2CCC(C)CC2)cc1C. The lowest BCUT2D eigenvalue weighted by Gasteiger charge is -2.30. The van der Waals surface area contributed by atoms with Gasteiger partial charge in [-0.15, -0.1) is 0 Å². The van der Waals surface area contributed by atoms with Crippen molar-refractivity contribution >= 4 is 17.6 Å². The van der Waals surface area contributed by atoms with Gasteiger partial charge in [0.05, 0.1) is 0 Å². The Labute approximate surface area is 173 Å². The van der Waals surface area contributed by atoms with Gasteiger partial charge < -0.3 is 15.1 Å². The van der Waals surface area contributed by atoms with Crippen LogP contribution in [0.25, 0.3) is 0 Å². The van der Waals surface area contributed by atoms with E-state index in [-0.39, 0.29) is 11.9 Å². The normalized spacial score (nSPS) is 14.6. The Bertz CT molecular complexity index is 885. The Kier molecular flexibility index (Phi) is 6.57. The average molecular weight is 394 g/mol. The van der Waals surface area contributed by atoms with Crippen molar-refractivity contribution in [3.63, 3.8) is 0 Å². The van der Waals surface area contributed by atoms with E-state index in [2.05, 4.69) is 12.2 Å². The van der Waals surface area contributed by atoms with Crippen molar-refractivity contribution in [2.45, 2.75) is 40.2 Å². The summed E-state index contributed by atoms with van der Waals surface area (Å²) >= 11 is 0. The molecule has 0 bridgehead atoms. The van der Waals surface area contributed by atoms with E-state index in [1.165, 1.54) is 5.56 Å². The van der Waals surface area contributed by atoms with Crippen LogP contribution in [-0.4, -0.2) is 41.9 Å². The van der Waals surface area contributed by atoms with Crippen LogP contribution in [0.3, 0.4) is 0 Å². The highest BCUT2D eigenvalue weighted by atomic mass is 16.2. The quantitative estimate of drug-likeness (QED) is 0.808. The fraction of sp³-hybridized carbons (Fsp3) is 0.417. The number of hydrogen-bond donors (Lipinski definition) is 1. The van der Waals surface area contributed by atoms with E-state index in [1.54, 1.807) is 11.9 Å². The number of amides is 3. The van der Waals surface area contributed by atoms with Crippen LogP contribution in [0, 0.1) is 19.8 Å². The Morgan fingerprint density at radius 3 is 2.41 bits per heavy atom. The van der Waals surface area contributed by atoms with Crippen molar-refractivity contribution in [1.29, 1.82) is 0 Å². The van der Waals surface area contributed by atoms with Crippen molar-refractivity contribution in [1.82, 2.24) is 9.80 Å². The molecular weight excluding hydrogens is 362 g/mol. The van der Waals surface area contributed by atoms with Crippen LogP contribution in [0.1, 0.15) is 46.8 Å². The first-order valence-electron chi connectivity index (χ1n) is 10.3. The summed E-state index contributed by atoms with van der Waals surface area (Å²) in [6, 6.07) is 13.4. The van der Waals surface area contributed by atoms with Gasteiger partial charge >= 0.3 is 6.03 Å². The minimum atomic E-state index is -0.166. The third kappa shape index (κ3) is 5.17. The van der Waals surface area contributed by atoms with Gasteiger partial charge in [-0.2, -0.15) is 0 Å². The van der Waals surface area contributed by atoms with Gasteiger partial charge in [-0.25, -0.2) is 4.79 Å². The van der Waals surface area contributed by atoms with Gasteiger partial charge in [-0.05, 0) is 67.5 Å². The molecule has 2 aromatic rings. The van der Waals surface area contributed by atoms with E-state index < -0.39 is 0 Å². The molecule has 0 unspecified atom stereocenters. The summed E-state index contributed by atoms with van der Waals surface area (Å²) in [5.74, 6) is 0.768. The summed E-state index contributed by atoms with van der Waals surface area (Å²) in [5.41, 5.74) is 4.59. The number of carbonyl (C=O) groups excluding carboxylic acids is 2. The van der Waals surface area contributed by atoms with Crippen LogP contribution >= 0.6 is 0 Å². The molecule has 1 fully saturated rings. The molecule has 1 heterocycles. The number of rotatable bonds is 4. The Hall–Kier alpha value is -2.82. The second-order valence-electron chi connectivity index (χ2n) is 8.22. The number of piperidine rings is 1. The van der Waals surface area contributed by atoms with E-state index in [0.717, 1.165) is 42.7 Å². The highest BCUT2D eigenvalue weighted by Gasteiger charge is 2.22. The first kappa shape index (κ1) is 20.9. The van der Waals surface area contributed by atoms with E-state index in [9.17, 15) is 9.59 Å². The average Bonchev–Trinajstić information content (AvgIpc) is 2.71. The summed E-state index contributed by atoms with van der Waals surface area (Å²) in [6.07, 6.45) is 2.12. The minimum absolute atomic E-state index is 0.0783. The number of hydrogen-bond acceptors (Lipinski definition) is 2. The molecule has 1 N–H and O–H groups in total. The third-order valence-electron chi connectivity index (χ3n) is 5.80. The first-order valence-corrected chi connectivity index (χ1v) is 10.3. The molecule has 29 heavy (non-hydrogen) atoms. The molecule has 0 spiro atoms. The van der Waals surface area contributed by atoms with Crippen molar-refractivity contribution in [2.24, 2.45) is 5.92 Å². The van der Waals surface area contributed by atoms with Crippen molar-refractivity contribution < 1.29 is 9.59 Å². The van der Waals surface area contributed by atoms with Gasteiger partial charge in [0.15, 0.2) is 0 Å². The molecule has 0 saturated carbocycles. The summed E-state index contributed by atoms with van der Waals surface area (Å²) in [7, 11) is 1.78. The number of likely N-dealkylation sites (tertiary alicyclic amines) is 1. The molecular formula is C24H31N3O2. The summed E-state index contributed by atoms with van der Waals surface area (Å²) in [4.78, 5) is 29.0. The Morgan fingerprint density at radius 2 is 1.76 bits per heavy atom. The first-order chi connectivity index (χ1) is 13.8. The molecule has 0 atom stereocenters. The zero-order valence-corrected chi connectivity index (χ0v) is 17.9. The number of urea groups is 1. The predicted octanol–water partition coefficient (Wildman–Crippen LogP) is 4.84. The highest BCUT2D eigenvalue weighted by molar-refractivity contribution is 5.96. The fourth-order valence-electron chi connectivity index (χ4n) is 3.66. The maximum Gasteiger partial charge on any atom is 0.321 e. The van der Waals surface area contributed by atoms with Gasteiger partial charge in [-0.3, -0.25) is 4.79 Å². The molecule has 1 saturated heterocycles. The lowest BCUT2D eigenvalue weighted by atomic mass is 9.98. The lowest BCUT2D eigenvalue weighted by molar-refractivity contribution is 0.0697. The minimum Gasteiger partial charge on any atom is -0.339 e. The third-order valence-corrected chi connectivity index (χ3v) is 5.80. The summed E-state index contributed by atoms with van der Waals surface area (Å²) in [5, 5.41) is 2.96. The molecule has 0 aromatic heterocycles. The summed E-state index contributed by atoms with van der Waals surface area (Å²) < 4.78 is 0. The van der Waals surface area contributed by atoms with Gasteiger partial charge in [0.1, 0.15) is 0 Å². The number of nitrogens with one attached hydrogen (secondary N) is 1. The van der Waals surface area contributed by atoms with Gasteiger partial charge in [0.2, 0.25) is 0 Å². The largest absolute Gasteiger partial charge is 0.339 e. The monoisotopic (exact) mass is 393 g/mol. The standard InChI is InChI=1S/C24H31N3O2/c1-17-11-13-27(14-12-17)23(28)20-9-10-22(19(3)15-20)25-24(29)26(4)16-21-8-6-5-7-18(21)2/h5-10,15,17H,11-14,16H2,1-4H3,(H,25,29). The maximum absolute atomic E-state index is 12.8. The Morgan fingerprint density at radius 1 is 1.07 bits per heavy atom. The molecule has 1 aliphatic rings. The molecule has 5 heteroatoms. The topological polar surface area (TPSA) is 52.7 Å². The zero-order chi connectivity index (χ0) is 21.0. The summed E-state index contributed by atoms with van der Waals surface area (Å²) in [6.45, 7) is 8.39. The van der Waals surface area contributed by atoms with E-state index in [0.29, 0.717) is 18.0 Å².